The summed E-state index contributed by atoms with van der Waals surface area (Å²) in [5, 5.41) is 3.07. The molecule has 31 heavy (non-hydrogen) atoms. The second-order valence-corrected chi connectivity index (χ2v) is 7.65. The third kappa shape index (κ3) is 7.37. The Balaban J connectivity index is 1.62. The van der Waals surface area contributed by atoms with E-state index in [-0.39, 0.29) is 19.1 Å². The first-order valence-corrected chi connectivity index (χ1v) is 10.3. The summed E-state index contributed by atoms with van der Waals surface area (Å²) in [7, 11) is 0. The molecule has 0 radical (unpaired) electrons. The van der Waals surface area contributed by atoms with Crippen LogP contribution in [0.2, 0.25) is 0 Å². The van der Waals surface area contributed by atoms with Gasteiger partial charge in [0, 0.05) is 25.7 Å². The fourth-order valence-corrected chi connectivity index (χ4v) is 3.60. The van der Waals surface area contributed by atoms with Crippen molar-refractivity contribution in [3.63, 3.8) is 0 Å². The van der Waals surface area contributed by atoms with Crippen molar-refractivity contribution < 1.29 is 27.1 Å². The molecule has 3 rings (SSSR count). The van der Waals surface area contributed by atoms with Crippen molar-refractivity contribution in [2.45, 2.75) is 25.7 Å². The molecule has 0 bridgehead atoms. The van der Waals surface area contributed by atoms with Crippen LogP contribution in [0.25, 0.3) is 0 Å². The van der Waals surface area contributed by atoms with E-state index >= 15 is 0 Å². The molecule has 1 saturated heterocycles. The fraction of sp³-hybridized carbons (Fsp3) is 0.500. The summed E-state index contributed by atoms with van der Waals surface area (Å²) in [6, 6.07) is 11.3. The largest absolute Gasteiger partial charge is 0.467 e. The highest BCUT2D eigenvalue weighted by Gasteiger charge is 2.33. The lowest BCUT2D eigenvalue weighted by Crippen LogP contribution is -2.46. The van der Waals surface area contributed by atoms with Crippen LogP contribution in [0.5, 0.6) is 0 Å². The molecule has 1 unspecified atom stereocenters. The van der Waals surface area contributed by atoms with Gasteiger partial charge in [-0.15, -0.1) is 0 Å². The molecule has 1 aromatic heterocycles. The minimum absolute atomic E-state index is 0.00144. The smallest absolute Gasteiger partial charge is 0.406 e. The molecule has 9 heteroatoms. The van der Waals surface area contributed by atoms with Gasteiger partial charge in [-0.05, 0) is 24.6 Å². The monoisotopic (exact) mass is 439 g/mol. The molecule has 0 aliphatic carbocycles. The molecule has 2 aromatic rings. The van der Waals surface area contributed by atoms with Crippen LogP contribution in [0.15, 0.2) is 47.1 Å². The number of morpholine rings is 1. The van der Waals surface area contributed by atoms with E-state index in [1.807, 2.05) is 31.2 Å². The second-order valence-electron chi connectivity index (χ2n) is 7.65. The maximum absolute atomic E-state index is 13.0. The Labute approximate surface area is 179 Å². The van der Waals surface area contributed by atoms with Crippen LogP contribution in [-0.2, 0) is 16.1 Å². The van der Waals surface area contributed by atoms with Crippen molar-refractivity contribution in [2.24, 2.45) is 0 Å². The van der Waals surface area contributed by atoms with Gasteiger partial charge in [-0.1, -0.05) is 29.8 Å². The molecule has 170 valence electrons. The van der Waals surface area contributed by atoms with Crippen LogP contribution in [-0.4, -0.2) is 67.8 Å². The molecule has 0 saturated carbocycles. The number of hydrogen-bond donors (Lipinski definition) is 1. The SMILES string of the molecule is Cc1ccc(C(CNCC(=O)N(Cc2ccco2)CC(F)(F)F)N2CCOCC2)cc1. The summed E-state index contributed by atoms with van der Waals surface area (Å²) in [5.41, 5.74) is 2.24. The molecule has 1 aliphatic rings. The van der Waals surface area contributed by atoms with Gasteiger partial charge in [0.25, 0.3) is 0 Å². The van der Waals surface area contributed by atoms with E-state index in [1.54, 1.807) is 12.1 Å². The molecule has 0 spiro atoms. The number of ether oxygens (including phenoxy) is 1. The van der Waals surface area contributed by atoms with Crippen molar-refractivity contribution in [3.05, 3.63) is 59.5 Å². The number of nitrogens with zero attached hydrogens (tertiary/aromatic N) is 2. The minimum Gasteiger partial charge on any atom is -0.467 e. The van der Waals surface area contributed by atoms with Gasteiger partial charge in [0.05, 0.1) is 32.6 Å². The quantitative estimate of drug-likeness (QED) is 0.651. The van der Waals surface area contributed by atoms with Crippen LogP contribution in [0, 0.1) is 6.92 Å². The normalized spacial score (nSPS) is 16.3. The first-order chi connectivity index (χ1) is 14.8. The fourth-order valence-electron chi connectivity index (χ4n) is 3.60. The zero-order valence-electron chi connectivity index (χ0n) is 17.5. The van der Waals surface area contributed by atoms with Crippen LogP contribution >= 0.6 is 0 Å². The van der Waals surface area contributed by atoms with Gasteiger partial charge in [-0.3, -0.25) is 9.69 Å². The number of furan rings is 1. The highest BCUT2D eigenvalue weighted by molar-refractivity contribution is 5.78. The Bertz CT molecular complexity index is 804. The van der Waals surface area contributed by atoms with Gasteiger partial charge in [0.2, 0.25) is 5.91 Å². The molecule has 1 atom stereocenters. The van der Waals surface area contributed by atoms with Gasteiger partial charge in [-0.2, -0.15) is 13.2 Å². The van der Waals surface area contributed by atoms with E-state index < -0.39 is 18.6 Å². The molecule has 1 aliphatic heterocycles. The summed E-state index contributed by atoms with van der Waals surface area (Å²) >= 11 is 0. The minimum atomic E-state index is -4.49. The molecule has 2 heterocycles. The lowest BCUT2D eigenvalue weighted by Gasteiger charge is -2.35. The molecule has 1 fully saturated rings. The van der Waals surface area contributed by atoms with Gasteiger partial charge in [0.15, 0.2) is 0 Å². The van der Waals surface area contributed by atoms with Crippen molar-refractivity contribution in [3.8, 4) is 0 Å². The highest BCUT2D eigenvalue weighted by atomic mass is 19.4. The van der Waals surface area contributed by atoms with E-state index in [0.717, 1.165) is 29.1 Å². The van der Waals surface area contributed by atoms with Crippen molar-refractivity contribution in [2.75, 3.05) is 45.9 Å². The predicted molar refractivity (Wildman–Crippen MR) is 109 cm³/mol. The van der Waals surface area contributed by atoms with Crippen LogP contribution in [0.3, 0.4) is 0 Å². The third-order valence-corrected chi connectivity index (χ3v) is 5.21. The average molecular weight is 439 g/mol. The number of rotatable bonds is 9. The summed E-state index contributed by atoms with van der Waals surface area (Å²) in [4.78, 5) is 15.6. The molecule has 1 amide bonds. The number of alkyl halides is 3. The van der Waals surface area contributed by atoms with E-state index in [4.69, 9.17) is 9.15 Å². The van der Waals surface area contributed by atoms with Gasteiger partial charge in [0.1, 0.15) is 12.3 Å². The lowest BCUT2D eigenvalue weighted by atomic mass is 10.0. The Kier molecular flexibility index (Phi) is 8.11. The predicted octanol–water partition coefficient (Wildman–Crippen LogP) is 3.14. The number of aryl methyl sites for hydroxylation is 1. The topological polar surface area (TPSA) is 58.0 Å². The molecule has 1 aromatic carbocycles. The second kappa shape index (κ2) is 10.8. The van der Waals surface area contributed by atoms with E-state index in [9.17, 15) is 18.0 Å². The van der Waals surface area contributed by atoms with Crippen LogP contribution < -0.4 is 5.32 Å². The molecular formula is C22H28F3N3O3. The number of halogens is 3. The van der Waals surface area contributed by atoms with Gasteiger partial charge >= 0.3 is 6.18 Å². The standard InChI is InChI=1S/C22H28F3N3O3/c1-17-4-6-18(7-5-17)20(27-8-11-30-12-9-27)13-26-14-21(29)28(16-22(23,24)25)15-19-3-2-10-31-19/h2-7,10,20,26H,8-9,11-16H2,1H3. The summed E-state index contributed by atoms with van der Waals surface area (Å²) in [5.74, 6) is -0.318. The number of carbonyl (C=O) groups is 1. The Hall–Kier alpha value is -2.36. The summed E-state index contributed by atoms with van der Waals surface area (Å²) in [6.07, 6.45) is -3.11. The number of carbonyl (C=O) groups excluding carboxylic acids is 1. The Morgan fingerprint density at radius 1 is 1.19 bits per heavy atom. The molecule has 1 N–H and O–H groups in total. The highest BCUT2D eigenvalue weighted by Crippen LogP contribution is 2.22. The number of amides is 1. The summed E-state index contributed by atoms with van der Waals surface area (Å²) in [6.45, 7) is 3.49. The van der Waals surface area contributed by atoms with Crippen molar-refractivity contribution in [1.29, 1.82) is 0 Å². The van der Waals surface area contributed by atoms with Crippen LogP contribution in [0.1, 0.15) is 22.9 Å². The third-order valence-electron chi connectivity index (χ3n) is 5.21. The Morgan fingerprint density at radius 2 is 1.90 bits per heavy atom. The summed E-state index contributed by atoms with van der Waals surface area (Å²) < 4.78 is 49.5. The van der Waals surface area contributed by atoms with Gasteiger partial charge in [-0.25, -0.2) is 0 Å². The van der Waals surface area contributed by atoms with Gasteiger partial charge < -0.3 is 19.4 Å². The van der Waals surface area contributed by atoms with Crippen molar-refractivity contribution >= 4 is 5.91 Å². The van der Waals surface area contributed by atoms with E-state index in [0.29, 0.717) is 25.5 Å². The lowest BCUT2D eigenvalue weighted by molar-refractivity contribution is -0.162. The Morgan fingerprint density at radius 3 is 2.52 bits per heavy atom. The number of benzene rings is 1. The van der Waals surface area contributed by atoms with E-state index in [1.165, 1.54) is 6.26 Å². The zero-order valence-corrected chi connectivity index (χ0v) is 17.5. The van der Waals surface area contributed by atoms with E-state index in [2.05, 4.69) is 10.2 Å². The maximum atomic E-state index is 13.0. The first-order valence-electron chi connectivity index (χ1n) is 10.3. The first kappa shape index (κ1) is 23.3. The molecule has 6 nitrogen and oxygen atoms in total. The maximum Gasteiger partial charge on any atom is 0.406 e. The van der Waals surface area contributed by atoms with Crippen molar-refractivity contribution in [1.82, 2.24) is 15.1 Å². The number of hydrogen-bond acceptors (Lipinski definition) is 5. The zero-order chi connectivity index (χ0) is 22.3. The number of nitrogens with one attached hydrogen (secondary N) is 1. The molecular weight excluding hydrogens is 411 g/mol. The average Bonchev–Trinajstić information content (AvgIpc) is 3.24. The van der Waals surface area contributed by atoms with Crippen LogP contribution in [0.4, 0.5) is 13.2 Å².